The molecule has 1 aliphatic heterocycles. The van der Waals surface area contributed by atoms with E-state index in [9.17, 15) is 4.79 Å². The van der Waals surface area contributed by atoms with Crippen molar-refractivity contribution in [2.75, 3.05) is 13.1 Å². The van der Waals surface area contributed by atoms with Crippen LogP contribution in [-0.4, -0.2) is 30.0 Å². The van der Waals surface area contributed by atoms with Crippen molar-refractivity contribution in [2.45, 2.75) is 31.8 Å². The summed E-state index contributed by atoms with van der Waals surface area (Å²) in [4.78, 5) is 15.5. The number of benzene rings is 1. The molecule has 22 heavy (non-hydrogen) atoms. The zero-order valence-electron chi connectivity index (χ0n) is 12.6. The molecule has 1 aromatic heterocycles. The minimum absolute atomic E-state index is 0.226. The van der Waals surface area contributed by atoms with Crippen LogP contribution in [0.1, 0.15) is 24.1 Å². The molecule has 1 aliphatic rings. The molecule has 0 saturated carbocycles. The Bertz CT molecular complexity index is 574. The highest BCUT2D eigenvalue weighted by Gasteiger charge is 2.23. The van der Waals surface area contributed by atoms with Crippen LogP contribution in [0.25, 0.3) is 0 Å². The molecule has 1 fully saturated rings. The Hall–Kier alpha value is -1.81. The molecule has 0 atom stereocenters. The predicted octanol–water partition coefficient (Wildman–Crippen LogP) is 3.75. The highest BCUT2D eigenvalue weighted by atomic mass is 32.1. The fourth-order valence-corrected chi connectivity index (χ4v) is 3.47. The van der Waals surface area contributed by atoms with Gasteiger partial charge in [0.15, 0.2) is 0 Å². The van der Waals surface area contributed by atoms with Crippen molar-refractivity contribution in [3.8, 4) is 5.75 Å². The van der Waals surface area contributed by atoms with E-state index in [-0.39, 0.29) is 12.0 Å². The number of ether oxygens (including phenoxy) is 1. The van der Waals surface area contributed by atoms with Gasteiger partial charge in [-0.15, -0.1) is 11.3 Å². The molecule has 0 aliphatic carbocycles. The number of aryl methyl sites for hydroxylation is 1. The number of carbonyl (C=O) groups is 1. The van der Waals surface area contributed by atoms with Crippen LogP contribution < -0.4 is 4.74 Å². The van der Waals surface area contributed by atoms with Gasteiger partial charge in [0.1, 0.15) is 11.9 Å². The first-order valence-electron chi connectivity index (χ1n) is 7.83. The number of thiophene rings is 1. The lowest BCUT2D eigenvalue weighted by molar-refractivity contribution is -0.132. The average Bonchev–Trinajstić information content (AvgIpc) is 3.08. The molecule has 0 spiro atoms. The molecule has 1 saturated heterocycles. The number of carbonyl (C=O) groups excluding carboxylic acids is 1. The number of likely N-dealkylation sites (tertiary alicyclic amines) is 1. The van der Waals surface area contributed by atoms with Gasteiger partial charge in [-0.2, -0.15) is 0 Å². The smallest absolute Gasteiger partial charge is 0.222 e. The third kappa shape index (κ3) is 4.10. The lowest BCUT2D eigenvalue weighted by atomic mass is 10.1. The molecule has 0 unspecified atom stereocenters. The quantitative estimate of drug-likeness (QED) is 0.841. The number of amides is 1. The van der Waals surface area contributed by atoms with E-state index in [4.69, 9.17) is 4.74 Å². The van der Waals surface area contributed by atoms with Gasteiger partial charge in [0, 0.05) is 37.2 Å². The molecule has 0 bridgehead atoms. The zero-order chi connectivity index (χ0) is 15.2. The summed E-state index contributed by atoms with van der Waals surface area (Å²) < 4.78 is 5.97. The number of piperidine rings is 1. The molecule has 0 N–H and O–H groups in total. The third-order valence-electron chi connectivity index (χ3n) is 4.01. The molecule has 3 nitrogen and oxygen atoms in total. The minimum atomic E-state index is 0.226. The number of hydrogen-bond acceptors (Lipinski definition) is 3. The third-order valence-corrected chi connectivity index (χ3v) is 4.94. The number of nitrogens with zero attached hydrogens (tertiary/aromatic N) is 1. The summed E-state index contributed by atoms with van der Waals surface area (Å²) in [6.07, 6.45) is 3.53. The van der Waals surface area contributed by atoms with E-state index in [1.165, 1.54) is 4.88 Å². The van der Waals surface area contributed by atoms with Crippen LogP contribution in [0.5, 0.6) is 5.75 Å². The van der Waals surface area contributed by atoms with Crippen LogP contribution in [0, 0.1) is 0 Å². The topological polar surface area (TPSA) is 29.5 Å². The first kappa shape index (κ1) is 15.1. The van der Waals surface area contributed by atoms with E-state index < -0.39 is 0 Å². The van der Waals surface area contributed by atoms with Crippen molar-refractivity contribution < 1.29 is 9.53 Å². The van der Waals surface area contributed by atoms with Gasteiger partial charge >= 0.3 is 0 Å². The lowest BCUT2D eigenvalue weighted by Crippen LogP contribution is -2.41. The minimum Gasteiger partial charge on any atom is -0.490 e. The Balaban J connectivity index is 1.42. The van der Waals surface area contributed by atoms with Gasteiger partial charge in [0.2, 0.25) is 5.91 Å². The lowest BCUT2D eigenvalue weighted by Gasteiger charge is -2.32. The Morgan fingerprint density at radius 1 is 1.14 bits per heavy atom. The number of hydrogen-bond donors (Lipinski definition) is 0. The van der Waals surface area contributed by atoms with E-state index in [1.807, 2.05) is 41.3 Å². The van der Waals surface area contributed by atoms with Crippen LogP contribution in [0.3, 0.4) is 0 Å². The Morgan fingerprint density at radius 3 is 2.59 bits per heavy atom. The Labute approximate surface area is 135 Å². The van der Waals surface area contributed by atoms with Gasteiger partial charge in [0.25, 0.3) is 0 Å². The van der Waals surface area contributed by atoms with E-state index in [0.717, 1.165) is 38.1 Å². The molecule has 116 valence electrons. The van der Waals surface area contributed by atoms with E-state index in [0.29, 0.717) is 6.42 Å². The first-order chi connectivity index (χ1) is 10.8. The van der Waals surface area contributed by atoms with E-state index >= 15 is 0 Å². The molecule has 1 amide bonds. The number of rotatable bonds is 5. The fourth-order valence-electron chi connectivity index (χ4n) is 2.76. The van der Waals surface area contributed by atoms with Crippen molar-refractivity contribution in [1.82, 2.24) is 4.90 Å². The zero-order valence-corrected chi connectivity index (χ0v) is 13.4. The summed E-state index contributed by atoms with van der Waals surface area (Å²) in [6.45, 7) is 1.61. The molecule has 2 heterocycles. The monoisotopic (exact) mass is 315 g/mol. The molecule has 2 aromatic rings. The summed E-state index contributed by atoms with van der Waals surface area (Å²) in [7, 11) is 0. The van der Waals surface area contributed by atoms with Crippen molar-refractivity contribution >= 4 is 17.2 Å². The highest BCUT2D eigenvalue weighted by Crippen LogP contribution is 2.19. The largest absolute Gasteiger partial charge is 0.490 e. The summed E-state index contributed by atoms with van der Waals surface area (Å²) in [5, 5.41) is 2.06. The average molecular weight is 315 g/mol. The Kier molecular flexibility index (Phi) is 5.11. The predicted molar refractivity (Wildman–Crippen MR) is 89.3 cm³/mol. The van der Waals surface area contributed by atoms with Crippen LogP contribution in [0.15, 0.2) is 47.8 Å². The maximum atomic E-state index is 12.2. The van der Waals surface area contributed by atoms with Gasteiger partial charge in [-0.05, 0) is 30.0 Å². The number of para-hydroxylation sites is 1. The second-order valence-electron chi connectivity index (χ2n) is 5.59. The van der Waals surface area contributed by atoms with Gasteiger partial charge in [-0.3, -0.25) is 4.79 Å². The normalized spacial score (nSPS) is 15.7. The van der Waals surface area contributed by atoms with Gasteiger partial charge in [0.05, 0.1) is 0 Å². The van der Waals surface area contributed by atoms with Crippen LogP contribution >= 0.6 is 11.3 Å². The Morgan fingerprint density at radius 2 is 1.91 bits per heavy atom. The molecular weight excluding hydrogens is 294 g/mol. The fraction of sp³-hybridized carbons (Fsp3) is 0.389. The van der Waals surface area contributed by atoms with Crippen molar-refractivity contribution in [3.63, 3.8) is 0 Å². The van der Waals surface area contributed by atoms with Gasteiger partial charge in [-0.25, -0.2) is 0 Å². The second kappa shape index (κ2) is 7.45. The summed E-state index contributed by atoms with van der Waals surface area (Å²) in [6, 6.07) is 14.1. The van der Waals surface area contributed by atoms with E-state index in [1.54, 1.807) is 11.3 Å². The highest BCUT2D eigenvalue weighted by molar-refractivity contribution is 7.09. The molecule has 0 radical (unpaired) electrons. The standard InChI is InChI=1S/C18H21NO2S/c20-18(9-8-17-7-4-14-22-17)19-12-10-16(11-13-19)21-15-5-2-1-3-6-15/h1-7,14,16H,8-13H2. The molecule has 1 aromatic carbocycles. The van der Waals surface area contributed by atoms with Gasteiger partial charge < -0.3 is 9.64 Å². The molecular formula is C18H21NO2S. The maximum Gasteiger partial charge on any atom is 0.222 e. The van der Waals surface area contributed by atoms with Crippen LogP contribution in [0.2, 0.25) is 0 Å². The van der Waals surface area contributed by atoms with Crippen LogP contribution in [0.4, 0.5) is 0 Å². The van der Waals surface area contributed by atoms with Crippen molar-refractivity contribution in [3.05, 3.63) is 52.7 Å². The first-order valence-corrected chi connectivity index (χ1v) is 8.71. The SMILES string of the molecule is O=C(CCc1cccs1)N1CCC(Oc2ccccc2)CC1. The summed E-state index contributed by atoms with van der Waals surface area (Å²) in [5.74, 6) is 1.19. The summed E-state index contributed by atoms with van der Waals surface area (Å²) in [5.41, 5.74) is 0. The maximum absolute atomic E-state index is 12.2. The van der Waals surface area contributed by atoms with E-state index in [2.05, 4.69) is 11.4 Å². The van der Waals surface area contributed by atoms with Crippen molar-refractivity contribution in [1.29, 1.82) is 0 Å². The molecule has 4 heteroatoms. The van der Waals surface area contributed by atoms with Gasteiger partial charge in [-0.1, -0.05) is 24.3 Å². The van der Waals surface area contributed by atoms with Crippen molar-refractivity contribution in [2.24, 2.45) is 0 Å². The molecule has 3 rings (SSSR count). The summed E-state index contributed by atoms with van der Waals surface area (Å²) >= 11 is 1.72. The second-order valence-corrected chi connectivity index (χ2v) is 6.62. The van der Waals surface area contributed by atoms with Crippen LogP contribution in [-0.2, 0) is 11.2 Å².